The zero-order valence-corrected chi connectivity index (χ0v) is 18.7. The van der Waals surface area contributed by atoms with E-state index in [2.05, 4.69) is 5.32 Å². The molecule has 1 aliphatic rings. The number of amides is 2. The largest absolute Gasteiger partial charge is 0.324 e. The molecule has 2 aromatic carbocycles. The van der Waals surface area contributed by atoms with E-state index in [9.17, 15) is 14.4 Å². The number of hydrogen-bond donors (Lipinski definition) is 1. The second-order valence-corrected chi connectivity index (χ2v) is 8.50. The van der Waals surface area contributed by atoms with Crippen LogP contribution in [0.2, 0.25) is 5.02 Å². The number of nitrogens with one attached hydrogen (secondary N) is 1. The van der Waals surface area contributed by atoms with E-state index >= 15 is 0 Å². The van der Waals surface area contributed by atoms with Gasteiger partial charge in [0.25, 0.3) is 5.56 Å². The number of carbonyl (C=O) groups excluding carboxylic acids is 2. The summed E-state index contributed by atoms with van der Waals surface area (Å²) in [5.74, 6) is -0.775. The first kappa shape index (κ1) is 21.8. The van der Waals surface area contributed by atoms with Crippen molar-refractivity contribution in [1.82, 2.24) is 4.57 Å². The van der Waals surface area contributed by atoms with Gasteiger partial charge in [0.2, 0.25) is 11.8 Å². The van der Waals surface area contributed by atoms with Crippen LogP contribution in [0.5, 0.6) is 0 Å². The summed E-state index contributed by atoms with van der Waals surface area (Å²) in [4.78, 5) is 39.5. The highest BCUT2D eigenvalue weighted by Gasteiger charge is 2.35. The number of hydrogen-bond acceptors (Lipinski definition) is 3. The van der Waals surface area contributed by atoms with Crippen molar-refractivity contribution in [3.63, 3.8) is 0 Å². The average Bonchev–Trinajstić information content (AvgIpc) is 3.15. The maximum atomic E-state index is 12.9. The van der Waals surface area contributed by atoms with Crippen LogP contribution in [-0.2, 0) is 16.1 Å². The number of benzene rings is 2. The van der Waals surface area contributed by atoms with Gasteiger partial charge in [0, 0.05) is 35.9 Å². The number of nitrogens with zero attached hydrogens (tertiary/aromatic N) is 2. The highest BCUT2D eigenvalue weighted by molar-refractivity contribution is 6.31. The van der Waals surface area contributed by atoms with Crippen molar-refractivity contribution in [2.45, 2.75) is 26.8 Å². The molecule has 164 valence electrons. The minimum Gasteiger partial charge on any atom is -0.324 e. The molecule has 7 heteroatoms. The number of aromatic nitrogens is 1. The summed E-state index contributed by atoms with van der Waals surface area (Å²) in [5, 5.41) is 3.43. The van der Waals surface area contributed by atoms with Gasteiger partial charge in [-0.2, -0.15) is 0 Å². The zero-order valence-electron chi connectivity index (χ0n) is 18.0. The summed E-state index contributed by atoms with van der Waals surface area (Å²) in [6.07, 6.45) is 1.75. The van der Waals surface area contributed by atoms with E-state index in [0.29, 0.717) is 23.8 Å². The molecule has 1 unspecified atom stereocenters. The summed E-state index contributed by atoms with van der Waals surface area (Å²) in [6, 6.07) is 16.1. The Kier molecular flexibility index (Phi) is 6.15. The maximum absolute atomic E-state index is 12.9. The first-order chi connectivity index (χ1) is 15.3. The van der Waals surface area contributed by atoms with Gasteiger partial charge < -0.3 is 14.8 Å². The number of halogens is 1. The first-order valence-electron chi connectivity index (χ1n) is 10.4. The number of anilines is 2. The SMILES string of the molecule is Cc1cccc(N2CC(C(=O)Nc3ccc(=O)n(Cc4ccccc4Cl)c3)CC2=O)c1C. The minimum absolute atomic E-state index is 0.0671. The van der Waals surface area contributed by atoms with E-state index in [1.165, 1.54) is 10.6 Å². The van der Waals surface area contributed by atoms with Crippen molar-refractivity contribution in [1.29, 1.82) is 0 Å². The lowest BCUT2D eigenvalue weighted by atomic mass is 10.1. The van der Waals surface area contributed by atoms with Gasteiger partial charge >= 0.3 is 0 Å². The van der Waals surface area contributed by atoms with E-state index in [4.69, 9.17) is 11.6 Å². The van der Waals surface area contributed by atoms with E-state index < -0.39 is 5.92 Å². The molecule has 2 heterocycles. The monoisotopic (exact) mass is 449 g/mol. The molecule has 1 atom stereocenters. The minimum atomic E-state index is -0.466. The molecular weight excluding hydrogens is 426 g/mol. The van der Waals surface area contributed by atoms with E-state index in [1.807, 2.05) is 50.2 Å². The van der Waals surface area contributed by atoms with Crippen LogP contribution in [-0.4, -0.2) is 22.9 Å². The standard InChI is InChI=1S/C25H24ClN3O3/c1-16-6-5-9-22(17(16)2)29-14-19(12-24(29)31)25(32)27-20-10-11-23(30)28(15-20)13-18-7-3-4-8-21(18)26/h3-11,15,19H,12-14H2,1-2H3,(H,27,32). The van der Waals surface area contributed by atoms with Crippen LogP contribution >= 0.6 is 11.6 Å². The molecule has 0 spiro atoms. The summed E-state index contributed by atoms with van der Waals surface area (Å²) in [7, 11) is 0. The number of carbonyl (C=O) groups is 2. The second kappa shape index (κ2) is 9.01. The lowest BCUT2D eigenvalue weighted by molar-refractivity contribution is -0.122. The molecular formula is C25H24ClN3O3. The quantitative estimate of drug-likeness (QED) is 0.635. The van der Waals surface area contributed by atoms with Crippen molar-refractivity contribution < 1.29 is 9.59 Å². The lowest BCUT2D eigenvalue weighted by Crippen LogP contribution is -2.29. The number of rotatable bonds is 5. The first-order valence-corrected chi connectivity index (χ1v) is 10.8. The van der Waals surface area contributed by atoms with Crippen LogP contribution in [0.1, 0.15) is 23.1 Å². The Morgan fingerprint density at radius 2 is 1.84 bits per heavy atom. The van der Waals surface area contributed by atoms with Gasteiger partial charge in [0.15, 0.2) is 0 Å². The van der Waals surface area contributed by atoms with Gasteiger partial charge in [0.1, 0.15) is 0 Å². The third kappa shape index (κ3) is 4.46. The van der Waals surface area contributed by atoms with Crippen LogP contribution in [0.15, 0.2) is 65.6 Å². The fourth-order valence-corrected chi connectivity index (χ4v) is 4.12. The molecule has 0 radical (unpaired) electrons. The van der Waals surface area contributed by atoms with Gasteiger partial charge in [-0.3, -0.25) is 14.4 Å². The third-order valence-electron chi connectivity index (χ3n) is 5.91. The molecule has 32 heavy (non-hydrogen) atoms. The van der Waals surface area contributed by atoms with Crippen molar-refractivity contribution >= 4 is 34.8 Å². The van der Waals surface area contributed by atoms with Crippen LogP contribution in [0.4, 0.5) is 11.4 Å². The molecule has 1 aliphatic heterocycles. The summed E-state index contributed by atoms with van der Waals surface area (Å²) in [6.45, 7) is 4.60. The Labute approximate surface area is 191 Å². The van der Waals surface area contributed by atoms with E-state index in [1.54, 1.807) is 23.2 Å². The predicted molar refractivity (Wildman–Crippen MR) is 126 cm³/mol. The molecule has 1 aromatic heterocycles. The maximum Gasteiger partial charge on any atom is 0.250 e. The van der Waals surface area contributed by atoms with Crippen LogP contribution < -0.4 is 15.8 Å². The van der Waals surface area contributed by atoms with Gasteiger partial charge in [0.05, 0.1) is 18.2 Å². The molecule has 1 N–H and O–H groups in total. The van der Waals surface area contributed by atoms with Gasteiger partial charge in [-0.1, -0.05) is 41.9 Å². The Morgan fingerprint density at radius 1 is 1.06 bits per heavy atom. The topological polar surface area (TPSA) is 71.4 Å². The number of aryl methyl sites for hydroxylation is 1. The third-order valence-corrected chi connectivity index (χ3v) is 6.28. The highest BCUT2D eigenvalue weighted by Crippen LogP contribution is 2.30. The van der Waals surface area contributed by atoms with Crippen LogP contribution in [0, 0.1) is 19.8 Å². The summed E-state index contributed by atoms with van der Waals surface area (Å²) >= 11 is 6.21. The highest BCUT2D eigenvalue weighted by atomic mass is 35.5. The van der Waals surface area contributed by atoms with Gasteiger partial charge in [-0.25, -0.2) is 0 Å². The average molecular weight is 450 g/mol. The zero-order chi connectivity index (χ0) is 22.8. The molecule has 3 aromatic rings. The Bertz CT molecular complexity index is 1250. The molecule has 0 saturated carbocycles. The Hall–Kier alpha value is -3.38. The normalized spacial score (nSPS) is 15.8. The van der Waals surface area contributed by atoms with Crippen molar-refractivity contribution in [3.05, 3.63) is 92.9 Å². The van der Waals surface area contributed by atoms with Gasteiger partial charge in [-0.05, 0) is 48.7 Å². The van der Waals surface area contributed by atoms with Crippen LogP contribution in [0.3, 0.4) is 0 Å². The van der Waals surface area contributed by atoms with Crippen molar-refractivity contribution in [2.24, 2.45) is 5.92 Å². The predicted octanol–water partition coefficient (Wildman–Crippen LogP) is 4.16. The van der Waals surface area contributed by atoms with Crippen LogP contribution in [0.25, 0.3) is 0 Å². The summed E-state index contributed by atoms with van der Waals surface area (Å²) < 4.78 is 1.50. The second-order valence-electron chi connectivity index (χ2n) is 8.09. The molecule has 4 rings (SSSR count). The Balaban J connectivity index is 1.48. The fraction of sp³-hybridized carbons (Fsp3) is 0.240. The molecule has 1 fully saturated rings. The molecule has 6 nitrogen and oxygen atoms in total. The fourth-order valence-electron chi connectivity index (χ4n) is 3.93. The van der Waals surface area contributed by atoms with Crippen molar-refractivity contribution in [3.8, 4) is 0 Å². The smallest absolute Gasteiger partial charge is 0.250 e. The molecule has 2 amide bonds. The lowest BCUT2D eigenvalue weighted by Gasteiger charge is -2.20. The van der Waals surface area contributed by atoms with E-state index in [0.717, 1.165) is 22.4 Å². The van der Waals surface area contributed by atoms with E-state index in [-0.39, 0.29) is 23.8 Å². The molecule has 0 aliphatic carbocycles. The number of pyridine rings is 1. The molecule has 1 saturated heterocycles. The molecule has 0 bridgehead atoms. The van der Waals surface area contributed by atoms with Crippen molar-refractivity contribution in [2.75, 3.05) is 16.8 Å². The Morgan fingerprint density at radius 3 is 2.62 bits per heavy atom. The summed E-state index contributed by atoms with van der Waals surface area (Å²) in [5.41, 5.74) is 4.10. The van der Waals surface area contributed by atoms with Gasteiger partial charge in [-0.15, -0.1) is 0 Å².